The van der Waals surface area contributed by atoms with Crippen LogP contribution in [0.1, 0.15) is 44.2 Å². The smallest absolute Gasteiger partial charge is 0.227 e. The van der Waals surface area contributed by atoms with Crippen LogP contribution in [0.5, 0.6) is 0 Å². The zero-order chi connectivity index (χ0) is 18.5. The Bertz CT molecular complexity index is 613. The Hall–Kier alpha value is -1.88. The molecule has 2 fully saturated rings. The standard InChI is InChI=1S/C21H30N2O3/c1-16(18-6-4-3-5-7-18)23-15-19(14-20(23)24)21(25)22(2)11-8-17-9-12-26-13-10-17/h3-7,16-17,19H,8-15H2,1-2H3. The van der Waals surface area contributed by atoms with Crippen LogP contribution in [0.15, 0.2) is 30.3 Å². The normalized spacial score (nSPS) is 22.5. The van der Waals surface area contributed by atoms with E-state index in [1.165, 1.54) is 0 Å². The van der Waals surface area contributed by atoms with E-state index in [0.717, 1.165) is 44.6 Å². The van der Waals surface area contributed by atoms with Gasteiger partial charge in [-0.15, -0.1) is 0 Å². The van der Waals surface area contributed by atoms with E-state index in [1.54, 1.807) is 0 Å². The Labute approximate surface area is 156 Å². The van der Waals surface area contributed by atoms with Crippen molar-refractivity contribution in [2.75, 3.05) is 33.4 Å². The third-order valence-electron chi connectivity index (χ3n) is 5.85. The molecule has 142 valence electrons. The lowest BCUT2D eigenvalue weighted by molar-refractivity contribution is -0.134. The van der Waals surface area contributed by atoms with Gasteiger partial charge in [0.15, 0.2) is 0 Å². The summed E-state index contributed by atoms with van der Waals surface area (Å²) in [5.74, 6) is 0.623. The Kier molecular flexibility index (Phi) is 6.30. The molecule has 2 amide bonds. The van der Waals surface area contributed by atoms with E-state index < -0.39 is 0 Å². The first-order valence-corrected chi connectivity index (χ1v) is 9.73. The number of ether oxygens (including phenoxy) is 1. The summed E-state index contributed by atoms with van der Waals surface area (Å²) in [6.45, 7) is 5.00. The van der Waals surface area contributed by atoms with E-state index in [1.807, 2.05) is 54.1 Å². The summed E-state index contributed by atoms with van der Waals surface area (Å²) in [6, 6.07) is 10.0. The number of hydrogen-bond acceptors (Lipinski definition) is 3. The molecule has 2 aliphatic rings. The quantitative estimate of drug-likeness (QED) is 0.786. The highest BCUT2D eigenvalue weighted by atomic mass is 16.5. The van der Waals surface area contributed by atoms with Gasteiger partial charge in [-0.05, 0) is 37.7 Å². The van der Waals surface area contributed by atoms with Gasteiger partial charge < -0.3 is 14.5 Å². The molecule has 1 aromatic rings. The van der Waals surface area contributed by atoms with Gasteiger partial charge in [0.05, 0.1) is 12.0 Å². The van der Waals surface area contributed by atoms with Crippen molar-refractivity contribution in [2.24, 2.45) is 11.8 Å². The first-order chi connectivity index (χ1) is 12.6. The maximum Gasteiger partial charge on any atom is 0.227 e. The number of hydrogen-bond donors (Lipinski definition) is 0. The molecule has 0 radical (unpaired) electrons. The number of amides is 2. The zero-order valence-electron chi connectivity index (χ0n) is 15.9. The summed E-state index contributed by atoms with van der Waals surface area (Å²) >= 11 is 0. The number of likely N-dealkylation sites (tertiary alicyclic amines) is 1. The maximum absolute atomic E-state index is 12.8. The largest absolute Gasteiger partial charge is 0.381 e. The van der Waals surface area contributed by atoms with Crippen LogP contribution in [-0.4, -0.2) is 55.0 Å². The number of benzene rings is 1. The van der Waals surface area contributed by atoms with Crippen LogP contribution in [0.25, 0.3) is 0 Å². The van der Waals surface area contributed by atoms with Gasteiger partial charge >= 0.3 is 0 Å². The van der Waals surface area contributed by atoms with Crippen molar-refractivity contribution in [1.29, 1.82) is 0 Å². The lowest BCUT2D eigenvalue weighted by Crippen LogP contribution is -2.36. The van der Waals surface area contributed by atoms with Crippen molar-refractivity contribution in [3.05, 3.63) is 35.9 Å². The summed E-state index contributed by atoms with van der Waals surface area (Å²) in [5, 5.41) is 0. The molecule has 0 aromatic heterocycles. The third kappa shape index (κ3) is 4.44. The number of nitrogens with zero attached hydrogens (tertiary/aromatic N) is 2. The average Bonchev–Trinajstić information content (AvgIpc) is 3.08. The average molecular weight is 358 g/mol. The second-order valence-electron chi connectivity index (χ2n) is 7.64. The lowest BCUT2D eigenvalue weighted by atomic mass is 9.96. The van der Waals surface area contributed by atoms with Crippen molar-refractivity contribution in [1.82, 2.24) is 9.80 Å². The predicted octanol–water partition coefficient (Wildman–Crippen LogP) is 2.87. The summed E-state index contributed by atoms with van der Waals surface area (Å²) in [4.78, 5) is 28.9. The molecule has 2 aliphatic heterocycles. The van der Waals surface area contributed by atoms with Crippen LogP contribution in [0.3, 0.4) is 0 Å². The topological polar surface area (TPSA) is 49.9 Å². The number of carbonyl (C=O) groups is 2. The van der Waals surface area contributed by atoms with Gasteiger partial charge in [0, 0.05) is 39.8 Å². The van der Waals surface area contributed by atoms with Gasteiger partial charge in [0.2, 0.25) is 11.8 Å². The molecule has 0 N–H and O–H groups in total. The van der Waals surface area contributed by atoms with Crippen molar-refractivity contribution in [2.45, 2.75) is 38.6 Å². The van der Waals surface area contributed by atoms with E-state index in [4.69, 9.17) is 4.74 Å². The summed E-state index contributed by atoms with van der Waals surface area (Å²) in [6.07, 6.45) is 3.53. The molecule has 0 spiro atoms. The summed E-state index contributed by atoms with van der Waals surface area (Å²) < 4.78 is 5.39. The molecular weight excluding hydrogens is 328 g/mol. The van der Waals surface area contributed by atoms with Crippen LogP contribution in [-0.2, 0) is 14.3 Å². The Balaban J connectivity index is 1.52. The molecule has 2 heterocycles. The number of rotatable bonds is 6. The summed E-state index contributed by atoms with van der Waals surface area (Å²) in [5.41, 5.74) is 1.11. The highest BCUT2D eigenvalue weighted by molar-refractivity contribution is 5.89. The molecule has 2 saturated heterocycles. The first kappa shape index (κ1) is 18.9. The van der Waals surface area contributed by atoms with Crippen molar-refractivity contribution < 1.29 is 14.3 Å². The van der Waals surface area contributed by atoms with E-state index in [2.05, 4.69) is 0 Å². The Morgan fingerprint density at radius 1 is 1.27 bits per heavy atom. The van der Waals surface area contributed by atoms with Gasteiger partial charge in [0.25, 0.3) is 0 Å². The fourth-order valence-electron chi connectivity index (χ4n) is 4.02. The molecule has 0 aliphatic carbocycles. The maximum atomic E-state index is 12.8. The molecule has 2 unspecified atom stereocenters. The molecule has 2 atom stereocenters. The van der Waals surface area contributed by atoms with Crippen LogP contribution in [0, 0.1) is 11.8 Å². The Morgan fingerprint density at radius 3 is 2.65 bits per heavy atom. The predicted molar refractivity (Wildman–Crippen MR) is 100 cm³/mol. The van der Waals surface area contributed by atoms with E-state index >= 15 is 0 Å². The fraction of sp³-hybridized carbons (Fsp3) is 0.619. The minimum Gasteiger partial charge on any atom is -0.381 e. The van der Waals surface area contributed by atoms with Crippen LogP contribution in [0.2, 0.25) is 0 Å². The minimum absolute atomic E-state index is 0.00837. The molecule has 0 bridgehead atoms. The number of carbonyl (C=O) groups excluding carboxylic acids is 2. The molecular formula is C21H30N2O3. The molecule has 5 nitrogen and oxygen atoms in total. The van der Waals surface area contributed by atoms with E-state index in [-0.39, 0.29) is 23.8 Å². The minimum atomic E-state index is -0.214. The highest BCUT2D eigenvalue weighted by Gasteiger charge is 2.38. The van der Waals surface area contributed by atoms with Crippen LogP contribution < -0.4 is 0 Å². The van der Waals surface area contributed by atoms with Gasteiger partial charge in [-0.2, -0.15) is 0 Å². The van der Waals surface area contributed by atoms with Crippen molar-refractivity contribution in [3.63, 3.8) is 0 Å². The van der Waals surface area contributed by atoms with Gasteiger partial charge in [-0.25, -0.2) is 0 Å². The van der Waals surface area contributed by atoms with Gasteiger partial charge in [-0.1, -0.05) is 30.3 Å². The second kappa shape index (κ2) is 8.67. The van der Waals surface area contributed by atoms with Crippen molar-refractivity contribution in [3.8, 4) is 0 Å². The molecule has 0 saturated carbocycles. The lowest BCUT2D eigenvalue weighted by Gasteiger charge is -2.27. The van der Waals surface area contributed by atoms with E-state index in [0.29, 0.717) is 18.9 Å². The molecule has 1 aromatic carbocycles. The van der Waals surface area contributed by atoms with Gasteiger partial charge in [-0.3, -0.25) is 9.59 Å². The van der Waals surface area contributed by atoms with Gasteiger partial charge in [0.1, 0.15) is 0 Å². The van der Waals surface area contributed by atoms with Crippen molar-refractivity contribution >= 4 is 11.8 Å². The monoisotopic (exact) mass is 358 g/mol. The zero-order valence-corrected chi connectivity index (χ0v) is 15.9. The second-order valence-corrected chi connectivity index (χ2v) is 7.64. The molecule has 26 heavy (non-hydrogen) atoms. The fourth-order valence-corrected chi connectivity index (χ4v) is 4.02. The third-order valence-corrected chi connectivity index (χ3v) is 5.85. The SMILES string of the molecule is CC(c1ccccc1)N1CC(C(=O)N(C)CCC2CCOCC2)CC1=O. The molecule has 5 heteroatoms. The summed E-state index contributed by atoms with van der Waals surface area (Å²) in [7, 11) is 1.87. The van der Waals surface area contributed by atoms with E-state index in [9.17, 15) is 9.59 Å². The first-order valence-electron chi connectivity index (χ1n) is 9.73. The molecule has 3 rings (SSSR count). The van der Waals surface area contributed by atoms with Crippen LogP contribution >= 0.6 is 0 Å². The van der Waals surface area contributed by atoms with Crippen LogP contribution in [0.4, 0.5) is 0 Å². The highest BCUT2D eigenvalue weighted by Crippen LogP contribution is 2.29. The Morgan fingerprint density at radius 2 is 1.96 bits per heavy atom.